The van der Waals surface area contributed by atoms with Crippen molar-refractivity contribution in [3.8, 4) is 0 Å². The standard InChI is InChI=1S/C33H52O5/c1-20(34)38-25-11-12-30(6)23(29(25,4)5)10-13-31(7)24(30)18-22(35)26-21-19-28(2,3)14-16-33(21,27(36)37-9)17-15-32(26,31)8/h21,23-26H,10-19H2,1-9H3/t21-,23-,24+,25+,26+,30+,31-,32-,33+/m1/s1. The molecule has 9 atom stereocenters. The molecule has 0 N–H and O–H groups in total. The third-order valence-electron chi connectivity index (χ3n) is 13.9. The van der Waals surface area contributed by atoms with Crippen LogP contribution >= 0.6 is 0 Å². The number of hydrogen-bond acceptors (Lipinski definition) is 5. The Labute approximate surface area is 230 Å². The number of methoxy groups -OCH3 is 1. The molecule has 5 fully saturated rings. The molecule has 5 saturated carbocycles. The highest BCUT2D eigenvalue weighted by Crippen LogP contribution is 2.76. The van der Waals surface area contributed by atoms with E-state index in [4.69, 9.17) is 9.47 Å². The van der Waals surface area contributed by atoms with E-state index in [0.717, 1.165) is 57.8 Å². The fraction of sp³-hybridized carbons (Fsp3) is 0.909. The number of ketones is 1. The molecule has 0 aromatic heterocycles. The van der Waals surface area contributed by atoms with Gasteiger partial charge in [0.25, 0.3) is 0 Å². The third-order valence-corrected chi connectivity index (χ3v) is 13.9. The van der Waals surface area contributed by atoms with Gasteiger partial charge in [0.2, 0.25) is 0 Å². The van der Waals surface area contributed by atoms with Crippen LogP contribution in [0.4, 0.5) is 0 Å². The van der Waals surface area contributed by atoms with Gasteiger partial charge in [-0.25, -0.2) is 0 Å². The van der Waals surface area contributed by atoms with Gasteiger partial charge in [-0.05, 0) is 97.2 Å². The monoisotopic (exact) mass is 528 g/mol. The molecule has 5 aliphatic rings. The molecule has 5 aliphatic carbocycles. The summed E-state index contributed by atoms with van der Waals surface area (Å²) in [6, 6.07) is 0. The van der Waals surface area contributed by atoms with E-state index in [1.54, 1.807) is 0 Å². The molecule has 0 bridgehead atoms. The van der Waals surface area contributed by atoms with E-state index >= 15 is 0 Å². The second-order valence-corrected chi connectivity index (χ2v) is 16.2. The Bertz CT molecular complexity index is 1030. The Hall–Kier alpha value is -1.39. The Kier molecular flexibility index (Phi) is 6.34. The summed E-state index contributed by atoms with van der Waals surface area (Å²) in [4.78, 5) is 39.9. The Morgan fingerprint density at radius 3 is 2.11 bits per heavy atom. The average Bonchev–Trinajstić information content (AvgIpc) is 2.81. The number of hydrogen-bond donors (Lipinski definition) is 0. The summed E-state index contributed by atoms with van der Waals surface area (Å²) in [6.45, 7) is 18.1. The molecule has 0 aromatic rings. The van der Waals surface area contributed by atoms with Crippen LogP contribution in [0.15, 0.2) is 0 Å². The van der Waals surface area contributed by atoms with Gasteiger partial charge in [-0.1, -0.05) is 48.5 Å². The van der Waals surface area contributed by atoms with E-state index in [1.807, 2.05) is 0 Å². The van der Waals surface area contributed by atoms with Gasteiger partial charge >= 0.3 is 11.9 Å². The first kappa shape index (κ1) is 28.1. The van der Waals surface area contributed by atoms with Crippen molar-refractivity contribution in [3.05, 3.63) is 0 Å². The SMILES string of the molecule is COC(=O)[C@]12CCC(C)(C)C[C@@H]1[C@H]1C(=O)C[C@H]3[C@@]4(C)CC[C@H](OC(C)=O)C(C)(C)[C@H]4CC[C@@]3(C)[C@]1(C)CC2. The molecule has 0 aliphatic heterocycles. The van der Waals surface area contributed by atoms with Gasteiger partial charge in [-0.15, -0.1) is 0 Å². The maximum Gasteiger partial charge on any atom is 0.312 e. The maximum atomic E-state index is 14.5. The van der Waals surface area contributed by atoms with Crippen LogP contribution in [0.1, 0.15) is 120 Å². The predicted molar refractivity (Wildman–Crippen MR) is 147 cm³/mol. The highest BCUT2D eigenvalue weighted by atomic mass is 16.5. The van der Waals surface area contributed by atoms with Crippen molar-refractivity contribution >= 4 is 17.7 Å². The highest BCUT2D eigenvalue weighted by Gasteiger charge is 2.73. The highest BCUT2D eigenvalue weighted by molar-refractivity contribution is 5.86. The first-order valence-electron chi connectivity index (χ1n) is 15.3. The molecule has 214 valence electrons. The van der Waals surface area contributed by atoms with Gasteiger partial charge in [-0.3, -0.25) is 14.4 Å². The van der Waals surface area contributed by atoms with Crippen LogP contribution in [-0.2, 0) is 23.9 Å². The molecule has 38 heavy (non-hydrogen) atoms. The molecule has 0 spiro atoms. The van der Waals surface area contributed by atoms with E-state index in [0.29, 0.717) is 24.0 Å². The first-order valence-corrected chi connectivity index (χ1v) is 15.3. The van der Waals surface area contributed by atoms with Crippen LogP contribution in [-0.4, -0.2) is 30.9 Å². The quantitative estimate of drug-likeness (QED) is 0.356. The molecule has 5 heteroatoms. The van der Waals surface area contributed by atoms with Crippen LogP contribution in [0, 0.1) is 56.2 Å². The number of ether oxygens (including phenoxy) is 2. The summed E-state index contributed by atoms with van der Waals surface area (Å²) < 4.78 is 11.3. The summed E-state index contributed by atoms with van der Waals surface area (Å²) in [7, 11) is 1.53. The number of esters is 2. The smallest absolute Gasteiger partial charge is 0.312 e. The fourth-order valence-electron chi connectivity index (χ4n) is 11.7. The van der Waals surface area contributed by atoms with Gasteiger partial charge in [-0.2, -0.15) is 0 Å². The van der Waals surface area contributed by atoms with E-state index < -0.39 is 5.41 Å². The average molecular weight is 529 g/mol. The van der Waals surface area contributed by atoms with Gasteiger partial charge in [0.15, 0.2) is 0 Å². The lowest BCUT2D eigenvalue weighted by Gasteiger charge is -2.72. The zero-order valence-corrected chi connectivity index (χ0v) is 25.5. The number of Topliss-reactive ketones (excluding diaryl/α,β-unsaturated/α-hetero) is 1. The Morgan fingerprint density at radius 2 is 1.47 bits per heavy atom. The number of carbonyl (C=O) groups excluding carboxylic acids is 3. The van der Waals surface area contributed by atoms with E-state index in [9.17, 15) is 14.4 Å². The minimum absolute atomic E-state index is 0.0273. The van der Waals surface area contributed by atoms with Gasteiger partial charge in [0, 0.05) is 24.7 Å². The van der Waals surface area contributed by atoms with Crippen LogP contribution in [0.3, 0.4) is 0 Å². The van der Waals surface area contributed by atoms with Crippen molar-refractivity contribution in [3.63, 3.8) is 0 Å². The first-order chi connectivity index (χ1) is 17.5. The molecule has 5 nitrogen and oxygen atoms in total. The predicted octanol–water partition coefficient (Wildman–Crippen LogP) is 7.15. The molecule has 0 aromatic carbocycles. The second-order valence-electron chi connectivity index (χ2n) is 16.2. The van der Waals surface area contributed by atoms with E-state index in [2.05, 4.69) is 48.5 Å². The topological polar surface area (TPSA) is 69.7 Å². The number of carbonyl (C=O) groups is 3. The molecule has 0 unspecified atom stereocenters. The zero-order chi connectivity index (χ0) is 28.1. The Morgan fingerprint density at radius 1 is 0.816 bits per heavy atom. The molecular formula is C33H52O5. The molecular weight excluding hydrogens is 476 g/mol. The largest absolute Gasteiger partial charge is 0.469 e. The van der Waals surface area contributed by atoms with Gasteiger partial charge < -0.3 is 9.47 Å². The van der Waals surface area contributed by atoms with Gasteiger partial charge in [0.1, 0.15) is 11.9 Å². The van der Waals surface area contributed by atoms with Crippen LogP contribution in [0.5, 0.6) is 0 Å². The van der Waals surface area contributed by atoms with Crippen LogP contribution < -0.4 is 0 Å². The lowest BCUT2D eigenvalue weighted by molar-refractivity contribution is -0.248. The lowest BCUT2D eigenvalue weighted by Crippen LogP contribution is -2.70. The minimum Gasteiger partial charge on any atom is -0.469 e. The molecule has 0 radical (unpaired) electrons. The van der Waals surface area contributed by atoms with Gasteiger partial charge in [0.05, 0.1) is 12.5 Å². The second kappa shape index (κ2) is 8.56. The molecule has 0 saturated heterocycles. The number of rotatable bonds is 2. The van der Waals surface area contributed by atoms with Crippen molar-refractivity contribution in [2.75, 3.05) is 7.11 Å². The summed E-state index contributed by atoms with van der Waals surface area (Å²) in [6.07, 6.45) is 9.13. The Balaban J connectivity index is 1.55. The van der Waals surface area contributed by atoms with Crippen molar-refractivity contribution in [1.82, 2.24) is 0 Å². The number of fused-ring (bicyclic) bond motifs is 7. The summed E-state index contributed by atoms with van der Waals surface area (Å²) in [5.74, 6) is 0.815. The van der Waals surface area contributed by atoms with Crippen molar-refractivity contribution < 1.29 is 23.9 Å². The zero-order valence-electron chi connectivity index (χ0n) is 25.5. The normalized spacial score (nSPS) is 49.0. The van der Waals surface area contributed by atoms with Crippen LogP contribution in [0.2, 0.25) is 0 Å². The van der Waals surface area contributed by atoms with Crippen molar-refractivity contribution in [2.45, 2.75) is 126 Å². The molecule has 5 rings (SSSR count). The summed E-state index contributed by atoms with van der Waals surface area (Å²) >= 11 is 0. The van der Waals surface area contributed by atoms with Crippen molar-refractivity contribution in [2.24, 2.45) is 56.2 Å². The molecule has 0 amide bonds. The minimum atomic E-state index is -0.515. The van der Waals surface area contributed by atoms with E-state index in [1.165, 1.54) is 14.0 Å². The molecule has 0 heterocycles. The summed E-state index contributed by atoms with van der Waals surface area (Å²) in [5.41, 5.74) is -0.585. The maximum absolute atomic E-state index is 14.5. The summed E-state index contributed by atoms with van der Waals surface area (Å²) in [5, 5.41) is 0. The van der Waals surface area contributed by atoms with Crippen LogP contribution in [0.25, 0.3) is 0 Å². The lowest BCUT2D eigenvalue weighted by atomic mass is 9.31. The van der Waals surface area contributed by atoms with Crippen molar-refractivity contribution in [1.29, 1.82) is 0 Å². The third kappa shape index (κ3) is 3.57. The fourth-order valence-corrected chi connectivity index (χ4v) is 11.7. The van der Waals surface area contributed by atoms with E-state index in [-0.39, 0.29) is 57.0 Å².